The Balaban J connectivity index is 2.53. The molecule has 19 heavy (non-hydrogen) atoms. The molecule has 0 fully saturated rings. The second-order valence-corrected chi connectivity index (χ2v) is 5.84. The number of rotatable bonds is 5. The van der Waals surface area contributed by atoms with Crippen LogP contribution in [0.15, 0.2) is 12.4 Å². The number of nitrogens with zero attached hydrogens (tertiary/aromatic N) is 2. The highest BCUT2D eigenvalue weighted by atomic mass is 16.4. The standard InChI is InChI=1S/C13H21N3O3/c1-9(13(2,3)4)5-11(17)15-10-6-14-16(7-10)8-12(18)19/h6-7,9H,5,8H2,1-4H3,(H,15,17)(H,18,19). The van der Waals surface area contributed by atoms with Gasteiger partial charge in [-0.15, -0.1) is 0 Å². The van der Waals surface area contributed by atoms with Crippen molar-refractivity contribution >= 4 is 17.6 Å². The van der Waals surface area contributed by atoms with Crippen molar-refractivity contribution < 1.29 is 14.7 Å². The molecule has 0 aliphatic carbocycles. The first kappa shape index (κ1) is 15.2. The summed E-state index contributed by atoms with van der Waals surface area (Å²) in [6.45, 7) is 8.10. The van der Waals surface area contributed by atoms with E-state index in [9.17, 15) is 9.59 Å². The van der Waals surface area contributed by atoms with E-state index in [0.29, 0.717) is 12.1 Å². The van der Waals surface area contributed by atoms with Crippen LogP contribution in [0.1, 0.15) is 34.1 Å². The average molecular weight is 267 g/mol. The van der Waals surface area contributed by atoms with Crippen LogP contribution in [0.5, 0.6) is 0 Å². The SMILES string of the molecule is CC(CC(=O)Nc1cnn(CC(=O)O)c1)C(C)(C)C. The van der Waals surface area contributed by atoms with E-state index in [4.69, 9.17) is 5.11 Å². The van der Waals surface area contributed by atoms with Gasteiger partial charge in [-0.25, -0.2) is 0 Å². The number of aliphatic carboxylic acids is 1. The number of carboxylic acid groups (broad SMARTS) is 1. The quantitative estimate of drug-likeness (QED) is 0.854. The number of hydrogen-bond acceptors (Lipinski definition) is 3. The van der Waals surface area contributed by atoms with E-state index in [1.807, 2.05) is 6.92 Å². The second-order valence-electron chi connectivity index (χ2n) is 5.84. The van der Waals surface area contributed by atoms with E-state index in [1.54, 1.807) is 0 Å². The Morgan fingerprint density at radius 1 is 1.47 bits per heavy atom. The number of hydrogen-bond donors (Lipinski definition) is 2. The smallest absolute Gasteiger partial charge is 0.325 e. The van der Waals surface area contributed by atoms with Crippen molar-refractivity contribution in [3.8, 4) is 0 Å². The van der Waals surface area contributed by atoms with Crippen molar-refractivity contribution in [2.45, 2.75) is 40.7 Å². The lowest BCUT2D eigenvalue weighted by atomic mass is 9.80. The fourth-order valence-corrected chi connectivity index (χ4v) is 1.45. The van der Waals surface area contributed by atoms with Crippen LogP contribution in [-0.2, 0) is 16.1 Å². The first-order valence-electron chi connectivity index (χ1n) is 6.22. The van der Waals surface area contributed by atoms with Gasteiger partial charge in [0, 0.05) is 12.6 Å². The minimum Gasteiger partial charge on any atom is -0.480 e. The number of carbonyl (C=O) groups is 2. The largest absolute Gasteiger partial charge is 0.480 e. The van der Waals surface area contributed by atoms with Crippen LogP contribution in [0.4, 0.5) is 5.69 Å². The molecule has 1 aromatic rings. The second kappa shape index (κ2) is 5.86. The number of nitrogens with one attached hydrogen (secondary N) is 1. The Morgan fingerprint density at radius 3 is 2.63 bits per heavy atom. The molecule has 0 radical (unpaired) electrons. The third kappa shape index (κ3) is 5.11. The zero-order valence-electron chi connectivity index (χ0n) is 11.8. The summed E-state index contributed by atoms with van der Waals surface area (Å²) in [6, 6.07) is 0. The van der Waals surface area contributed by atoms with Crippen LogP contribution in [0.2, 0.25) is 0 Å². The molecule has 1 heterocycles. The molecule has 0 aliphatic heterocycles. The van der Waals surface area contributed by atoms with Crippen LogP contribution >= 0.6 is 0 Å². The Morgan fingerprint density at radius 2 is 2.11 bits per heavy atom. The van der Waals surface area contributed by atoms with Gasteiger partial charge < -0.3 is 10.4 Å². The molecule has 1 aromatic heterocycles. The van der Waals surface area contributed by atoms with Gasteiger partial charge in [0.1, 0.15) is 6.54 Å². The van der Waals surface area contributed by atoms with Crippen molar-refractivity contribution in [2.24, 2.45) is 11.3 Å². The molecule has 6 nitrogen and oxygen atoms in total. The van der Waals surface area contributed by atoms with Gasteiger partial charge in [0.2, 0.25) is 5.91 Å². The molecule has 1 amide bonds. The molecule has 106 valence electrons. The Bertz CT molecular complexity index is 460. The summed E-state index contributed by atoms with van der Waals surface area (Å²) in [6.07, 6.45) is 3.38. The molecule has 1 rings (SSSR count). The topological polar surface area (TPSA) is 84.2 Å². The summed E-state index contributed by atoms with van der Waals surface area (Å²) in [5, 5.41) is 15.2. The number of carboxylic acids is 1. The first-order chi connectivity index (χ1) is 8.68. The Labute approximate surface area is 112 Å². The van der Waals surface area contributed by atoms with E-state index in [2.05, 4.69) is 31.2 Å². The molecule has 1 atom stereocenters. The van der Waals surface area contributed by atoms with Gasteiger partial charge in [-0.2, -0.15) is 5.10 Å². The van der Waals surface area contributed by atoms with Gasteiger partial charge in [-0.3, -0.25) is 14.3 Å². The highest BCUT2D eigenvalue weighted by Crippen LogP contribution is 2.28. The van der Waals surface area contributed by atoms with E-state index >= 15 is 0 Å². The average Bonchev–Trinajstić information content (AvgIpc) is 2.62. The minimum atomic E-state index is -0.970. The van der Waals surface area contributed by atoms with Gasteiger partial charge in [0.05, 0.1) is 11.9 Å². The lowest BCUT2D eigenvalue weighted by molar-refractivity contribution is -0.137. The third-order valence-corrected chi connectivity index (χ3v) is 3.18. The third-order valence-electron chi connectivity index (χ3n) is 3.18. The van der Waals surface area contributed by atoms with Crippen LogP contribution < -0.4 is 5.32 Å². The molecule has 0 saturated carbocycles. The molecule has 0 spiro atoms. The van der Waals surface area contributed by atoms with Crippen LogP contribution in [0.3, 0.4) is 0 Å². The normalized spacial score (nSPS) is 13.1. The molecule has 0 aliphatic rings. The van der Waals surface area contributed by atoms with Crippen LogP contribution in [0, 0.1) is 11.3 Å². The molecule has 1 unspecified atom stereocenters. The maximum atomic E-state index is 11.8. The van der Waals surface area contributed by atoms with Gasteiger partial charge in [-0.1, -0.05) is 27.7 Å². The van der Waals surface area contributed by atoms with E-state index in [-0.39, 0.29) is 23.8 Å². The zero-order valence-corrected chi connectivity index (χ0v) is 11.8. The molecular weight excluding hydrogens is 246 g/mol. The first-order valence-corrected chi connectivity index (χ1v) is 6.22. The van der Waals surface area contributed by atoms with E-state index in [1.165, 1.54) is 17.1 Å². The maximum Gasteiger partial charge on any atom is 0.325 e. The molecule has 0 bridgehead atoms. The summed E-state index contributed by atoms with van der Waals surface area (Å²) in [5.41, 5.74) is 0.595. The van der Waals surface area contributed by atoms with Gasteiger partial charge in [-0.05, 0) is 11.3 Å². The predicted octanol–water partition coefficient (Wildman–Crippen LogP) is 1.98. The van der Waals surface area contributed by atoms with Crippen molar-refractivity contribution in [1.29, 1.82) is 0 Å². The molecule has 0 saturated heterocycles. The highest BCUT2D eigenvalue weighted by Gasteiger charge is 2.22. The molecule has 2 N–H and O–H groups in total. The fourth-order valence-electron chi connectivity index (χ4n) is 1.45. The van der Waals surface area contributed by atoms with E-state index < -0.39 is 5.97 Å². The summed E-state index contributed by atoms with van der Waals surface area (Å²) in [4.78, 5) is 22.3. The molecule has 6 heteroatoms. The van der Waals surface area contributed by atoms with Crippen molar-refractivity contribution in [1.82, 2.24) is 9.78 Å². The van der Waals surface area contributed by atoms with Crippen LogP contribution in [-0.4, -0.2) is 26.8 Å². The summed E-state index contributed by atoms with van der Waals surface area (Å²) in [7, 11) is 0. The van der Waals surface area contributed by atoms with Crippen LogP contribution in [0.25, 0.3) is 0 Å². The molecule has 0 aromatic carbocycles. The molecular formula is C13H21N3O3. The van der Waals surface area contributed by atoms with Gasteiger partial charge in [0.25, 0.3) is 0 Å². The highest BCUT2D eigenvalue weighted by molar-refractivity contribution is 5.90. The van der Waals surface area contributed by atoms with Crippen molar-refractivity contribution in [2.75, 3.05) is 5.32 Å². The maximum absolute atomic E-state index is 11.8. The zero-order chi connectivity index (χ0) is 14.6. The lowest BCUT2D eigenvalue weighted by Crippen LogP contribution is -2.23. The number of aromatic nitrogens is 2. The monoisotopic (exact) mass is 267 g/mol. The summed E-state index contributed by atoms with van der Waals surface area (Å²) in [5.74, 6) is -0.804. The number of anilines is 1. The number of carbonyl (C=O) groups excluding carboxylic acids is 1. The van der Waals surface area contributed by atoms with Gasteiger partial charge in [0.15, 0.2) is 0 Å². The van der Waals surface area contributed by atoms with E-state index in [0.717, 1.165) is 0 Å². The van der Waals surface area contributed by atoms with Crippen molar-refractivity contribution in [3.05, 3.63) is 12.4 Å². The summed E-state index contributed by atoms with van der Waals surface area (Å²) >= 11 is 0. The Kier molecular flexibility index (Phi) is 4.69. The minimum absolute atomic E-state index is 0.0742. The predicted molar refractivity (Wildman–Crippen MR) is 71.7 cm³/mol. The summed E-state index contributed by atoms with van der Waals surface area (Å²) < 4.78 is 1.27. The lowest BCUT2D eigenvalue weighted by Gasteiger charge is -2.26. The van der Waals surface area contributed by atoms with Gasteiger partial charge >= 0.3 is 5.97 Å². The number of amides is 1. The fraction of sp³-hybridized carbons (Fsp3) is 0.615. The Hall–Kier alpha value is -1.85. The van der Waals surface area contributed by atoms with Crippen molar-refractivity contribution in [3.63, 3.8) is 0 Å².